The maximum atomic E-state index is 9.80. The summed E-state index contributed by atoms with van der Waals surface area (Å²) in [5.74, 6) is 1.27. The number of phenolic OH excluding ortho intramolecular Hbond substituents is 2. The van der Waals surface area contributed by atoms with Crippen LogP contribution in [0.25, 0.3) is 0 Å². The van der Waals surface area contributed by atoms with Crippen molar-refractivity contribution < 1.29 is 10.2 Å². The zero-order valence-corrected chi connectivity index (χ0v) is 12.4. The molecule has 0 aliphatic rings. The first-order chi connectivity index (χ1) is 11.1. The van der Waals surface area contributed by atoms with Crippen molar-refractivity contribution in [2.24, 2.45) is 0 Å². The normalized spacial score (nSPS) is 10.3. The topological polar surface area (TPSA) is 103 Å². The number of anilines is 4. The monoisotopic (exact) mass is 309 g/mol. The number of aromatic nitrogens is 3. The standard InChI is InChI=1S/C16H15N5O2/c1-10-17-15(19-11-6-2-4-8-13(11)22)21-16(18-10)20-12-7-3-5-9-14(12)23/h2-9,22-23H,1H3,(H2,17,18,19,20,21). The van der Waals surface area contributed by atoms with Gasteiger partial charge in [0.25, 0.3) is 0 Å². The van der Waals surface area contributed by atoms with E-state index in [0.717, 1.165) is 0 Å². The number of benzene rings is 2. The van der Waals surface area contributed by atoms with Gasteiger partial charge in [-0.3, -0.25) is 0 Å². The van der Waals surface area contributed by atoms with E-state index < -0.39 is 0 Å². The van der Waals surface area contributed by atoms with E-state index in [-0.39, 0.29) is 23.4 Å². The van der Waals surface area contributed by atoms with E-state index in [1.807, 2.05) is 0 Å². The highest BCUT2D eigenvalue weighted by Crippen LogP contribution is 2.26. The molecular formula is C16H15N5O2. The van der Waals surface area contributed by atoms with Crippen molar-refractivity contribution in [1.29, 1.82) is 0 Å². The molecule has 0 spiro atoms. The van der Waals surface area contributed by atoms with Crippen LogP contribution < -0.4 is 10.6 Å². The molecule has 1 heterocycles. The van der Waals surface area contributed by atoms with E-state index in [9.17, 15) is 10.2 Å². The summed E-state index contributed by atoms with van der Waals surface area (Å²) in [6.45, 7) is 1.73. The van der Waals surface area contributed by atoms with Gasteiger partial charge in [0.15, 0.2) is 0 Å². The van der Waals surface area contributed by atoms with Gasteiger partial charge in [-0.25, -0.2) is 0 Å². The average Bonchev–Trinajstić information content (AvgIpc) is 2.51. The van der Waals surface area contributed by atoms with Crippen molar-refractivity contribution in [3.05, 3.63) is 54.4 Å². The molecule has 116 valence electrons. The number of phenols is 2. The minimum Gasteiger partial charge on any atom is -0.506 e. The molecule has 0 radical (unpaired) electrons. The van der Waals surface area contributed by atoms with E-state index >= 15 is 0 Å². The van der Waals surface area contributed by atoms with Gasteiger partial charge in [-0.1, -0.05) is 24.3 Å². The maximum absolute atomic E-state index is 9.80. The van der Waals surface area contributed by atoms with Crippen molar-refractivity contribution in [3.8, 4) is 11.5 Å². The Morgan fingerprint density at radius 3 is 1.57 bits per heavy atom. The third-order valence-corrected chi connectivity index (χ3v) is 3.05. The van der Waals surface area contributed by atoms with Gasteiger partial charge in [-0.2, -0.15) is 15.0 Å². The molecule has 23 heavy (non-hydrogen) atoms. The van der Waals surface area contributed by atoms with E-state index in [4.69, 9.17) is 0 Å². The molecule has 0 bridgehead atoms. The number of hydrogen-bond acceptors (Lipinski definition) is 7. The highest BCUT2D eigenvalue weighted by atomic mass is 16.3. The van der Waals surface area contributed by atoms with Crippen molar-refractivity contribution >= 4 is 23.3 Å². The van der Waals surface area contributed by atoms with E-state index in [2.05, 4.69) is 25.6 Å². The minimum absolute atomic E-state index is 0.0979. The summed E-state index contributed by atoms with van der Waals surface area (Å²) in [6.07, 6.45) is 0. The van der Waals surface area contributed by atoms with Gasteiger partial charge < -0.3 is 20.8 Å². The van der Waals surface area contributed by atoms with Crippen molar-refractivity contribution in [1.82, 2.24) is 15.0 Å². The first-order valence-electron chi connectivity index (χ1n) is 6.94. The van der Waals surface area contributed by atoms with Gasteiger partial charge in [0, 0.05) is 0 Å². The molecule has 0 saturated heterocycles. The Hall–Kier alpha value is -3.35. The highest BCUT2D eigenvalue weighted by molar-refractivity contribution is 5.64. The molecule has 3 rings (SSSR count). The first kappa shape index (κ1) is 14.6. The van der Waals surface area contributed by atoms with Crippen molar-refractivity contribution in [2.45, 2.75) is 6.92 Å². The zero-order chi connectivity index (χ0) is 16.2. The van der Waals surface area contributed by atoms with Crippen LogP contribution in [0.1, 0.15) is 5.82 Å². The van der Waals surface area contributed by atoms with Crippen LogP contribution in [0.15, 0.2) is 48.5 Å². The Kier molecular flexibility index (Phi) is 3.92. The summed E-state index contributed by atoms with van der Waals surface area (Å²) in [5.41, 5.74) is 0.984. The lowest BCUT2D eigenvalue weighted by Crippen LogP contribution is -2.05. The van der Waals surface area contributed by atoms with Crippen LogP contribution in [-0.2, 0) is 0 Å². The Morgan fingerprint density at radius 2 is 1.13 bits per heavy atom. The molecule has 2 aromatic carbocycles. The molecule has 0 aliphatic carbocycles. The number of nitrogens with zero attached hydrogens (tertiary/aromatic N) is 3. The van der Waals surface area contributed by atoms with Crippen LogP contribution in [0.5, 0.6) is 11.5 Å². The fourth-order valence-electron chi connectivity index (χ4n) is 1.99. The molecule has 7 nitrogen and oxygen atoms in total. The molecule has 4 N–H and O–H groups in total. The zero-order valence-electron chi connectivity index (χ0n) is 12.4. The molecule has 0 saturated carbocycles. The fourth-order valence-corrected chi connectivity index (χ4v) is 1.99. The van der Waals surface area contributed by atoms with Gasteiger partial charge >= 0.3 is 0 Å². The lowest BCUT2D eigenvalue weighted by Gasteiger charge is -2.10. The molecule has 0 aliphatic heterocycles. The SMILES string of the molecule is Cc1nc(Nc2ccccc2O)nc(Nc2ccccc2O)n1. The molecule has 0 unspecified atom stereocenters. The number of nitrogens with one attached hydrogen (secondary N) is 2. The third-order valence-electron chi connectivity index (χ3n) is 3.05. The third kappa shape index (κ3) is 3.46. The summed E-state index contributed by atoms with van der Waals surface area (Å²) in [4.78, 5) is 12.6. The molecule has 3 aromatic rings. The van der Waals surface area contributed by atoms with Crippen LogP contribution in [0.2, 0.25) is 0 Å². The quantitative estimate of drug-likeness (QED) is 0.549. The second-order valence-electron chi connectivity index (χ2n) is 4.81. The summed E-state index contributed by atoms with van der Waals surface area (Å²) in [5, 5.41) is 25.5. The smallest absolute Gasteiger partial charge is 0.232 e. The largest absolute Gasteiger partial charge is 0.506 e. The molecule has 1 aromatic heterocycles. The summed E-state index contributed by atoms with van der Waals surface area (Å²) in [6, 6.07) is 13.6. The molecule has 0 atom stereocenters. The van der Waals surface area contributed by atoms with E-state index in [1.54, 1.807) is 55.5 Å². The number of hydrogen-bond donors (Lipinski definition) is 4. The number of aryl methyl sites for hydroxylation is 1. The predicted octanol–water partition coefficient (Wildman–Crippen LogP) is 3.08. The van der Waals surface area contributed by atoms with Gasteiger partial charge in [-0.05, 0) is 31.2 Å². The van der Waals surface area contributed by atoms with Gasteiger partial charge in [0.2, 0.25) is 11.9 Å². The Balaban J connectivity index is 1.88. The molecular weight excluding hydrogens is 294 g/mol. The Bertz CT molecular complexity index is 772. The van der Waals surface area contributed by atoms with Crippen LogP contribution >= 0.6 is 0 Å². The fraction of sp³-hybridized carbons (Fsp3) is 0.0625. The molecule has 0 amide bonds. The number of rotatable bonds is 4. The van der Waals surface area contributed by atoms with Crippen LogP contribution in [0, 0.1) is 6.92 Å². The van der Waals surface area contributed by atoms with Gasteiger partial charge in [-0.15, -0.1) is 0 Å². The van der Waals surface area contributed by atoms with Crippen LogP contribution in [0.3, 0.4) is 0 Å². The lowest BCUT2D eigenvalue weighted by molar-refractivity contribution is 0.477. The van der Waals surface area contributed by atoms with E-state index in [0.29, 0.717) is 17.2 Å². The Labute approximate surface area is 132 Å². The maximum Gasteiger partial charge on any atom is 0.232 e. The predicted molar refractivity (Wildman–Crippen MR) is 87.3 cm³/mol. The second kappa shape index (κ2) is 6.18. The lowest BCUT2D eigenvalue weighted by atomic mass is 10.3. The van der Waals surface area contributed by atoms with Gasteiger partial charge in [0.1, 0.15) is 17.3 Å². The summed E-state index contributed by atoms with van der Waals surface area (Å²) in [7, 11) is 0. The van der Waals surface area contributed by atoms with Crippen LogP contribution in [0.4, 0.5) is 23.3 Å². The van der Waals surface area contributed by atoms with Crippen molar-refractivity contribution in [3.63, 3.8) is 0 Å². The summed E-state index contributed by atoms with van der Waals surface area (Å²) < 4.78 is 0. The summed E-state index contributed by atoms with van der Waals surface area (Å²) >= 11 is 0. The minimum atomic E-state index is 0.0979. The van der Waals surface area contributed by atoms with Crippen molar-refractivity contribution in [2.75, 3.05) is 10.6 Å². The first-order valence-corrected chi connectivity index (χ1v) is 6.94. The van der Waals surface area contributed by atoms with Gasteiger partial charge in [0.05, 0.1) is 11.4 Å². The second-order valence-corrected chi connectivity index (χ2v) is 4.81. The average molecular weight is 309 g/mol. The van der Waals surface area contributed by atoms with Crippen LogP contribution in [-0.4, -0.2) is 25.2 Å². The van der Waals surface area contributed by atoms with E-state index in [1.165, 1.54) is 0 Å². The molecule has 7 heteroatoms. The highest BCUT2D eigenvalue weighted by Gasteiger charge is 2.08. The Morgan fingerprint density at radius 1 is 0.696 bits per heavy atom. The molecule has 0 fully saturated rings. The number of aromatic hydroxyl groups is 2. The number of para-hydroxylation sites is 4.